The molecule has 0 bridgehead atoms. The van der Waals surface area contributed by atoms with Crippen LogP contribution in [0.1, 0.15) is 46.5 Å². The van der Waals surface area contributed by atoms with E-state index in [9.17, 15) is 14.7 Å². The van der Waals surface area contributed by atoms with Gasteiger partial charge < -0.3 is 10.4 Å². The van der Waals surface area contributed by atoms with E-state index in [4.69, 9.17) is 0 Å². The number of hydrogen-bond acceptors (Lipinski definition) is 3. The van der Waals surface area contributed by atoms with Crippen molar-refractivity contribution in [3.8, 4) is 0 Å². The summed E-state index contributed by atoms with van der Waals surface area (Å²) < 4.78 is 0. The average molecular weight is 270 g/mol. The molecule has 1 amide bonds. The van der Waals surface area contributed by atoms with Crippen LogP contribution in [0.2, 0.25) is 0 Å². The van der Waals surface area contributed by atoms with Gasteiger partial charge in [0.15, 0.2) is 0 Å². The second-order valence-electron chi connectivity index (χ2n) is 5.76. The van der Waals surface area contributed by atoms with Crippen LogP contribution in [-0.4, -0.2) is 47.6 Å². The van der Waals surface area contributed by atoms with Gasteiger partial charge in [-0.2, -0.15) is 0 Å². The summed E-state index contributed by atoms with van der Waals surface area (Å²) in [6.07, 6.45) is 3.54. The molecule has 1 heterocycles. The monoisotopic (exact) mass is 270 g/mol. The van der Waals surface area contributed by atoms with E-state index in [1.165, 1.54) is 0 Å². The fourth-order valence-corrected chi connectivity index (χ4v) is 2.49. The summed E-state index contributed by atoms with van der Waals surface area (Å²) in [7, 11) is 0. The Bertz CT molecular complexity index is 333. The summed E-state index contributed by atoms with van der Waals surface area (Å²) in [5, 5.41) is 12.2. The lowest BCUT2D eigenvalue weighted by molar-refractivity contribution is -0.152. The molecule has 0 spiro atoms. The van der Waals surface area contributed by atoms with Crippen LogP contribution in [0.25, 0.3) is 0 Å². The highest BCUT2D eigenvalue weighted by Gasteiger charge is 2.40. The Morgan fingerprint density at radius 2 is 2.16 bits per heavy atom. The third-order valence-electron chi connectivity index (χ3n) is 4.00. The van der Waals surface area contributed by atoms with Crippen molar-refractivity contribution in [1.29, 1.82) is 0 Å². The molecule has 0 radical (unpaired) electrons. The van der Waals surface area contributed by atoms with E-state index >= 15 is 0 Å². The van der Waals surface area contributed by atoms with Crippen molar-refractivity contribution in [3.05, 3.63) is 0 Å². The standard InChI is InChI=1S/C14H26N2O3/c1-4-5-8-15-12(17)11(2)16-9-6-7-14(3,10-16)13(18)19/h11H,4-10H2,1-3H3,(H,15,17)(H,18,19). The van der Waals surface area contributed by atoms with Crippen LogP contribution in [-0.2, 0) is 9.59 Å². The highest BCUT2D eigenvalue weighted by atomic mass is 16.4. The fourth-order valence-electron chi connectivity index (χ4n) is 2.49. The third-order valence-corrected chi connectivity index (χ3v) is 4.00. The molecule has 19 heavy (non-hydrogen) atoms. The van der Waals surface area contributed by atoms with E-state index in [-0.39, 0.29) is 11.9 Å². The van der Waals surface area contributed by atoms with Crippen LogP contribution >= 0.6 is 0 Å². The number of nitrogens with one attached hydrogen (secondary N) is 1. The van der Waals surface area contributed by atoms with Gasteiger partial charge in [-0.1, -0.05) is 13.3 Å². The molecule has 0 aromatic carbocycles. The van der Waals surface area contributed by atoms with Gasteiger partial charge >= 0.3 is 5.97 Å². The number of nitrogens with zero attached hydrogens (tertiary/aromatic N) is 1. The molecule has 0 aromatic heterocycles. The number of aliphatic carboxylic acids is 1. The van der Waals surface area contributed by atoms with Gasteiger partial charge in [0, 0.05) is 13.1 Å². The maximum Gasteiger partial charge on any atom is 0.310 e. The predicted octanol–water partition coefficient (Wildman–Crippen LogP) is 1.48. The van der Waals surface area contributed by atoms with E-state index in [2.05, 4.69) is 12.2 Å². The molecule has 1 aliphatic heterocycles. The zero-order chi connectivity index (χ0) is 14.5. The van der Waals surface area contributed by atoms with Gasteiger partial charge in [-0.15, -0.1) is 0 Å². The minimum absolute atomic E-state index is 0.00286. The molecule has 1 rings (SSSR count). The molecular weight excluding hydrogens is 244 g/mol. The molecular formula is C14H26N2O3. The molecule has 1 fully saturated rings. The molecule has 5 heteroatoms. The van der Waals surface area contributed by atoms with E-state index in [0.717, 1.165) is 25.8 Å². The van der Waals surface area contributed by atoms with Crippen LogP contribution < -0.4 is 5.32 Å². The lowest BCUT2D eigenvalue weighted by Crippen LogP contribution is -2.53. The summed E-state index contributed by atoms with van der Waals surface area (Å²) in [5.74, 6) is -0.765. The Morgan fingerprint density at radius 3 is 2.74 bits per heavy atom. The van der Waals surface area contributed by atoms with E-state index in [1.807, 2.05) is 11.8 Å². The minimum Gasteiger partial charge on any atom is -0.481 e. The van der Waals surface area contributed by atoms with Gasteiger partial charge in [0.05, 0.1) is 11.5 Å². The van der Waals surface area contributed by atoms with Gasteiger partial charge in [0.2, 0.25) is 5.91 Å². The Kier molecular flexibility index (Phi) is 5.79. The first kappa shape index (κ1) is 16.0. The Balaban J connectivity index is 2.54. The minimum atomic E-state index is -0.768. The van der Waals surface area contributed by atoms with Crippen molar-refractivity contribution < 1.29 is 14.7 Å². The number of rotatable bonds is 6. The molecule has 0 aliphatic carbocycles. The lowest BCUT2D eigenvalue weighted by Gasteiger charge is -2.40. The molecule has 1 aliphatic rings. The van der Waals surface area contributed by atoms with Crippen molar-refractivity contribution >= 4 is 11.9 Å². The van der Waals surface area contributed by atoms with Crippen molar-refractivity contribution in [3.63, 3.8) is 0 Å². The number of amides is 1. The summed E-state index contributed by atoms with van der Waals surface area (Å²) in [5.41, 5.74) is -0.726. The molecule has 2 atom stereocenters. The van der Waals surface area contributed by atoms with Crippen LogP contribution in [0.3, 0.4) is 0 Å². The molecule has 2 unspecified atom stereocenters. The van der Waals surface area contributed by atoms with Crippen LogP contribution in [0.15, 0.2) is 0 Å². The number of unbranched alkanes of at least 4 members (excludes halogenated alkanes) is 1. The molecule has 0 saturated carbocycles. The quantitative estimate of drug-likeness (QED) is 0.717. The number of carboxylic acid groups (broad SMARTS) is 1. The summed E-state index contributed by atoms with van der Waals surface area (Å²) in [6, 6.07) is -0.254. The highest BCUT2D eigenvalue weighted by molar-refractivity contribution is 5.81. The number of piperidine rings is 1. The van der Waals surface area contributed by atoms with Crippen molar-refractivity contribution in [2.24, 2.45) is 5.41 Å². The maximum absolute atomic E-state index is 12.0. The van der Waals surface area contributed by atoms with Gasteiger partial charge in [-0.05, 0) is 39.7 Å². The summed E-state index contributed by atoms with van der Waals surface area (Å²) >= 11 is 0. The average Bonchev–Trinajstić information content (AvgIpc) is 2.38. The van der Waals surface area contributed by atoms with E-state index in [0.29, 0.717) is 19.5 Å². The van der Waals surface area contributed by atoms with Crippen molar-refractivity contribution in [1.82, 2.24) is 10.2 Å². The fraction of sp³-hybridized carbons (Fsp3) is 0.857. The first-order chi connectivity index (χ1) is 8.90. The summed E-state index contributed by atoms with van der Waals surface area (Å²) in [4.78, 5) is 25.3. The zero-order valence-electron chi connectivity index (χ0n) is 12.2. The third kappa shape index (κ3) is 4.20. The smallest absolute Gasteiger partial charge is 0.310 e. The van der Waals surface area contributed by atoms with Crippen LogP contribution in [0.4, 0.5) is 0 Å². The van der Waals surface area contributed by atoms with Gasteiger partial charge in [-0.3, -0.25) is 14.5 Å². The van der Waals surface area contributed by atoms with Gasteiger partial charge in [0.1, 0.15) is 0 Å². The normalized spacial score (nSPS) is 25.8. The van der Waals surface area contributed by atoms with E-state index < -0.39 is 11.4 Å². The van der Waals surface area contributed by atoms with Gasteiger partial charge in [-0.25, -0.2) is 0 Å². The molecule has 0 aromatic rings. The number of carbonyl (C=O) groups excluding carboxylic acids is 1. The number of likely N-dealkylation sites (tertiary alicyclic amines) is 1. The maximum atomic E-state index is 12.0. The molecule has 110 valence electrons. The van der Waals surface area contributed by atoms with Gasteiger partial charge in [0.25, 0.3) is 0 Å². The Labute approximate surface area is 115 Å². The van der Waals surface area contributed by atoms with Crippen molar-refractivity contribution in [2.75, 3.05) is 19.6 Å². The first-order valence-corrected chi connectivity index (χ1v) is 7.16. The molecule has 2 N–H and O–H groups in total. The SMILES string of the molecule is CCCCNC(=O)C(C)N1CCCC(C)(C(=O)O)C1. The zero-order valence-corrected chi connectivity index (χ0v) is 12.2. The van der Waals surface area contributed by atoms with Crippen molar-refractivity contribution in [2.45, 2.75) is 52.5 Å². The number of carbonyl (C=O) groups is 2. The van der Waals surface area contributed by atoms with Crippen LogP contribution in [0.5, 0.6) is 0 Å². The lowest BCUT2D eigenvalue weighted by atomic mass is 9.81. The molecule has 5 nitrogen and oxygen atoms in total. The Morgan fingerprint density at radius 1 is 1.47 bits per heavy atom. The first-order valence-electron chi connectivity index (χ1n) is 7.16. The van der Waals surface area contributed by atoms with Crippen LogP contribution in [0, 0.1) is 5.41 Å². The molecule has 1 saturated heterocycles. The largest absolute Gasteiger partial charge is 0.481 e. The topological polar surface area (TPSA) is 69.6 Å². The second-order valence-corrected chi connectivity index (χ2v) is 5.76. The number of carboxylic acids is 1. The number of hydrogen-bond donors (Lipinski definition) is 2. The second kappa shape index (κ2) is 6.89. The van der Waals surface area contributed by atoms with E-state index in [1.54, 1.807) is 6.92 Å². The highest BCUT2D eigenvalue weighted by Crippen LogP contribution is 2.30. The predicted molar refractivity (Wildman–Crippen MR) is 73.9 cm³/mol. The Hall–Kier alpha value is -1.10. The summed E-state index contributed by atoms with van der Waals surface area (Å²) in [6.45, 7) is 7.65.